The van der Waals surface area contributed by atoms with E-state index in [2.05, 4.69) is 33.7 Å². The quantitative estimate of drug-likeness (QED) is 0.797. The summed E-state index contributed by atoms with van der Waals surface area (Å²) >= 11 is 0. The van der Waals surface area contributed by atoms with Crippen molar-refractivity contribution in [3.63, 3.8) is 0 Å². The number of hydrogen-bond donors (Lipinski definition) is 2. The summed E-state index contributed by atoms with van der Waals surface area (Å²) in [6, 6.07) is 0.489. The summed E-state index contributed by atoms with van der Waals surface area (Å²) in [6.07, 6.45) is 7.02. The van der Waals surface area contributed by atoms with Crippen molar-refractivity contribution < 1.29 is 0 Å². The first kappa shape index (κ1) is 12.7. The van der Waals surface area contributed by atoms with E-state index >= 15 is 0 Å². The Balaban J connectivity index is 2.24. The first-order valence-corrected chi connectivity index (χ1v) is 6.46. The van der Waals surface area contributed by atoms with E-state index in [0.29, 0.717) is 24.1 Å². The number of nitrogens with two attached hydrogens (primary N) is 1. The van der Waals surface area contributed by atoms with Crippen LogP contribution >= 0.6 is 0 Å². The summed E-state index contributed by atoms with van der Waals surface area (Å²) in [5.41, 5.74) is 6.79. The zero-order valence-electron chi connectivity index (χ0n) is 10.9. The normalized spacial score (nSPS) is 19.6. The van der Waals surface area contributed by atoms with Gasteiger partial charge in [-0.1, -0.05) is 6.08 Å². The molecule has 0 spiro atoms. The number of anilines is 3. The van der Waals surface area contributed by atoms with Crippen molar-refractivity contribution in [2.45, 2.75) is 32.2 Å². The molecule has 98 valence electrons. The Kier molecular flexibility index (Phi) is 4.02. The Morgan fingerprint density at radius 3 is 3.11 bits per heavy atom. The zero-order valence-corrected chi connectivity index (χ0v) is 10.9. The molecule has 1 fully saturated rings. The highest BCUT2D eigenvalue weighted by Gasteiger charge is 2.22. The first-order chi connectivity index (χ1) is 8.74. The maximum absolute atomic E-state index is 6.15. The molecule has 1 aromatic heterocycles. The predicted molar refractivity (Wildman–Crippen MR) is 75.8 cm³/mol. The smallest absolute Gasteiger partial charge is 0.157 e. The fourth-order valence-electron chi connectivity index (χ4n) is 2.34. The predicted octanol–water partition coefficient (Wildman–Crippen LogP) is 2.04. The molecule has 0 bridgehead atoms. The number of rotatable bonds is 4. The molecule has 3 N–H and O–H groups in total. The van der Waals surface area contributed by atoms with Crippen LogP contribution in [0.2, 0.25) is 0 Å². The highest BCUT2D eigenvalue weighted by molar-refractivity contribution is 5.75. The largest absolute Gasteiger partial charge is 0.393 e. The summed E-state index contributed by atoms with van der Waals surface area (Å²) < 4.78 is 0. The van der Waals surface area contributed by atoms with Gasteiger partial charge in [0.05, 0.1) is 0 Å². The number of nitrogens with zero attached hydrogens (tertiary/aromatic N) is 3. The van der Waals surface area contributed by atoms with Gasteiger partial charge in [0, 0.05) is 19.1 Å². The lowest BCUT2D eigenvalue weighted by atomic mass is 10.0. The van der Waals surface area contributed by atoms with Gasteiger partial charge in [-0.15, -0.1) is 6.58 Å². The SMILES string of the molecule is C=CCNc1ncnc(N2CCCCC2C)c1N. The summed E-state index contributed by atoms with van der Waals surface area (Å²) in [4.78, 5) is 10.8. The minimum Gasteiger partial charge on any atom is -0.393 e. The van der Waals surface area contributed by atoms with Crippen LogP contribution in [0.1, 0.15) is 26.2 Å². The number of aromatic nitrogens is 2. The van der Waals surface area contributed by atoms with Crippen molar-refractivity contribution >= 4 is 17.3 Å². The zero-order chi connectivity index (χ0) is 13.0. The average Bonchev–Trinajstić information content (AvgIpc) is 2.39. The number of piperidine rings is 1. The molecule has 18 heavy (non-hydrogen) atoms. The lowest BCUT2D eigenvalue weighted by molar-refractivity contribution is 0.481. The van der Waals surface area contributed by atoms with E-state index in [4.69, 9.17) is 5.73 Å². The van der Waals surface area contributed by atoms with Gasteiger partial charge in [0.1, 0.15) is 12.0 Å². The monoisotopic (exact) mass is 247 g/mol. The Labute approximate surface area is 108 Å². The van der Waals surface area contributed by atoms with Crippen LogP contribution in [-0.4, -0.2) is 29.1 Å². The van der Waals surface area contributed by atoms with Crippen molar-refractivity contribution in [3.8, 4) is 0 Å². The molecule has 0 radical (unpaired) electrons. The van der Waals surface area contributed by atoms with E-state index in [1.54, 1.807) is 12.4 Å². The summed E-state index contributed by atoms with van der Waals surface area (Å²) in [5.74, 6) is 1.54. The fourth-order valence-corrected chi connectivity index (χ4v) is 2.34. The van der Waals surface area contributed by atoms with Crippen molar-refractivity contribution in [2.24, 2.45) is 0 Å². The van der Waals surface area contributed by atoms with Gasteiger partial charge in [-0.25, -0.2) is 9.97 Å². The van der Waals surface area contributed by atoms with Crippen molar-refractivity contribution in [1.82, 2.24) is 9.97 Å². The van der Waals surface area contributed by atoms with Crippen molar-refractivity contribution in [1.29, 1.82) is 0 Å². The highest BCUT2D eigenvalue weighted by atomic mass is 15.2. The molecule has 5 nitrogen and oxygen atoms in total. The van der Waals surface area contributed by atoms with Crippen LogP contribution in [0.3, 0.4) is 0 Å². The van der Waals surface area contributed by atoms with Gasteiger partial charge >= 0.3 is 0 Å². The topological polar surface area (TPSA) is 67.1 Å². The Morgan fingerprint density at radius 1 is 1.56 bits per heavy atom. The molecule has 0 amide bonds. The van der Waals surface area contributed by atoms with Gasteiger partial charge in [-0.3, -0.25) is 0 Å². The maximum Gasteiger partial charge on any atom is 0.157 e. The van der Waals surface area contributed by atoms with E-state index in [1.807, 2.05) is 0 Å². The Bertz CT molecular complexity index is 418. The van der Waals surface area contributed by atoms with Gasteiger partial charge in [0.15, 0.2) is 11.6 Å². The number of nitrogens with one attached hydrogen (secondary N) is 1. The van der Waals surface area contributed by atoms with Crippen molar-refractivity contribution in [3.05, 3.63) is 19.0 Å². The lowest BCUT2D eigenvalue weighted by Gasteiger charge is -2.35. The molecular weight excluding hydrogens is 226 g/mol. The van der Waals surface area contributed by atoms with Crippen molar-refractivity contribution in [2.75, 3.05) is 29.0 Å². The summed E-state index contributed by atoms with van der Waals surface area (Å²) in [5, 5.41) is 3.14. The van der Waals surface area contributed by atoms with E-state index in [0.717, 1.165) is 12.4 Å². The molecule has 1 atom stereocenters. The molecule has 1 aliphatic heterocycles. The van der Waals surface area contributed by atoms with Gasteiger partial charge < -0.3 is 16.0 Å². The van der Waals surface area contributed by atoms with E-state index in [1.165, 1.54) is 19.3 Å². The molecular formula is C13H21N5. The maximum atomic E-state index is 6.15. The third-order valence-corrected chi connectivity index (χ3v) is 3.35. The van der Waals surface area contributed by atoms with Gasteiger partial charge in [0.25, 0.3) is 0 Å². The van der Waals surface area contributed by atoms with Crippen LogP contribution in [0, 0.1) is 0 Å². The van der Waals surface area contributed by atoms with Crippen LogP contribution in [-0.2, 0) is 0 Å². The molecule has 2 heterocycles. The van der Waals surface area contributed by atoms with E-state index in [9.17, 15) is 0 Å². The van der Waals surface area contributed by atoms with Gasteiger partial charge in [-0.2, -0.15) is 0 Å². The Morgan fingerprint density at radius 2 is 2.39 bits per heavy atom. The number of hydrogen-bond acceptors (Lipinski definition) is 5. The average molecular weight is 247 g/mol. The van der Waals surface area contributed by atoms with Crippen LogP contribution in [0.4, 0.5) is 17.3 Å². The van der Waals surface area contributed by atoms with Crippen LogP contribution in [0.5, 0.6) is 0 Å². The summed E-state index contributed by atoms with van der Waals surface area (Å²) in [6.45, 7) is 7.56. The molecule has 5 heteroatoms. The Hall–Kier alpha value is -1.78. The highest BCUT2D eigenvalue weighted by Crippen LogP contribution is 2.30. The standard InChI is InChI=1S/C13H21N5/c1-3-7-15-12-11(14)13(17-9-16-12)18-8-5-4-6-10(18)2/h3,9-10H,1,4-8,14H2,2H3,(H,15,16,17). The third-order valence-electron chi connectivity index (χ3n) is 3.35. The molecule has 2 rings (SSSR count). The van der Waals surface area contributed by atoms with E-state index in [-0.39, 0.29) is 0 Å². The molecule has 1 aliphatic rings. The number of nitrogen functional groups attached to an aromatic ring is 1. The fraction of sp³-hybridized carbons (Fsp3) is 0.538. The minimum atomic E-state index is 0.489. The molecule has 0 aromatic carbocycles. The molecule has 1 aromatic rings. The lowest BCUT2D eigenvalue weighted by Crippen LogP contribution is -2.38. The van der Waals surface area contributed by atoms with Crippen LogP contribution < -0.4 is 16.0 Å². The van der Waals surface area contributed by atoms with Gasteiger partial charge in [0.2, 0.25) is 0 Å². The molecule has 0 saturated carbocycles. The second-order valence-electron chi connectivity index (χ2n) is 4.67. The first-order valence-electron chi connectivity index (χ1n) is 6.46. The minimum absolute atomic E-state index is 0.489. The molecule has 0 aliphatic carbocycles. The third kappa shape index (κ3) is 2.55. The second-order valence-corrected chi connectivity index (χ2v) is 4.67. The molecule has 1 saturated heterocycles. The van der Waals surface area contributed by atoms with Crippen LogP contribution in [0.15, 0.2) is 19.0 Å². The summed E-state index contributed by atoms with van der Waals surface area (Å²) in [7, 11) is 0. The second kappa shape index (κ2) is 5.71. The van der Waals surface area contributed by atoms with E-state index < -0.39 is 0 Å². The van der Waals surface area contributed by atoms with Gasteiger partial charge in [-0.05, 0) is 26.2 Å². The molecule has 1 unspecified atom stereocenters. The van der Waals surface area contributed by atoms with Crippen LogP contribution in [0.25, 0.3) is 0 Å².